The van der Waals surface area contributed by atoms with Crippen LogP contribution in [-0.2, 0) is 11.8 Å². The van der Waals surface area contributed by atoms with E-state index in [2.05, 4.69) is 10.1 Å². The lowest BCUT2D eigenvalue weighted by molar-refractivity contribution is -0.132. The summed E-state index contributed by atoms with van der Waals surface area (Å²) in [5.74, 6) is -0.668. The van der Waals surface area contributed by atoms with Gasteiger partial charge in [-0.25, -0.2) is 14.2 Å². The molecule has 0 radical (unpaired) electrons. The number of aliphatic carboxylic acids is 1. The lowest BCUT2D eigenvalue weighted by Gasteiger charge is -2.08. The monoisotopic (exact) mass is 328 g/mol. The minimum atomic E-state index is -0.954. The maximum Gasteiger partial charge on any atom is 0.331 e. The zero-order valence-electron chi connectivity index (χ0n) is 13.6. The Labute approximate surface area is 137 Å². The van der Waals surface area contributed by atoms with Crippen molar-refractivity contribution >= 4 is 23.1 Å². The fourth-order valence-corrected chi connectivity index (χ4v) is 2.77. The molecule has 1 N–H and O–H groups in total. The third kappa shape index (κ3) is 2.58. The van der Waals surface area contributed by atoms with Crippen LogP contribution in [0.1, 0.15) is 24.6 Å². The van der Waals surface area contributed by atoms with Crippen LogP contribution >= 0.6 is 0 Å². The van der Waals surface area contributed by atoms with Crippen molar-refractivity contribution in [2.45, 2.75) is 20.3 Å². The lowest BCUT2D eigenvalue weighted by Crippen LogP contribution is -2.05. The largest absolute Gasteiger partial charge is 0.478 e. The number of carboxylic acid groups (broad SMARTS) is 1. The van der Waals surface area contributed by atoms with Crippen LogP contribution in [0.3, 0.4) is 0 Å². The van der Waals surface area contributed by atoms with E-state index in [1.807, 2.05) is 6.92 Å². The van der Waals surface area contributed by atoms with Gasteiger partial charge in [0.2, 0.25) is 0 Å². The number of rotatable bonds is 4. The lowest BCUT2D eigenvalue weighted by atomic mass is 10.1. The first-order chi connectivity index (χ1) is 11.4. The summed E-state index contributed by atoms with van der Waals surface area (Å²) in [4.78, 5) is 15.5. The highest BCUT2D eigenvalue weighted by Gasteiger charge is 2.17. The Balaban J connectivity index is 2.26. The Morgan fingerprint density at radius 1 is 1.46 bits per heavy atom. The highest BCUT2D eigenvalue weighted by Crippen LogP contribution is 2.26. The van der Waals surface area contributed by atoms with Crippen molar-refractivity contribution in [3.63, 3.8) is 0 Å². The van der Waals surface area contributed by atoms with Gasteiger partial charge in [0.25, 0.3) is 0 Å². The zero-order valence-corrected chi connectivity index (χ0v) is 13.6. The minimum Gasteiger partial charge on any atom is -0.478 e. The molecule has 0 amide bonds. The molecular weight excluding hydrogens is 311 g/mol. The number of halogens is 1. The quantitative estimate of drug-likeness (QED) is 0.747. The highest BCUT2D eigenvalue weighted by molar-refractivity contribution is 5.93. The van der Waals surface area contributed by atoms with Gasteiger partial charge in [0, 0.05) is 29.8 Å². The Morgan fingerprint density at radius 3 is 2.88 bits per heavy atom. The van der Waals surface area contributed by atoms with Gasteiger partial charge in [0.15, 0.2) is 0 Å². The molecule has 0 fully saturated rings. The molecule has 3 aromatic rings. The molecule has 124 valence electrons. The average Bonchev–Trinajstić information content (AvgIpc) is 3.04. The van der Waals surface area contributed by atoms with E-state index in [1.54, 1.807) is 41.6 Å². The molecule has 0 aliphatic rings. The van der Waals surface area contributed by atoms with E-state index in [0.29, 0.717) is 40.1 Å². The first-order valence-electron chi connectivity index (χ1n) is 7.52. The van der Waals surface area contributed by atoms with Gasteiger partial charge in [-0.2, -0.15) is 5.10 Å². The van der Waals surface area contributed by atoms with E-state index in [-0.39, 0.29) is 0 Å². The van der Waals surface area contributed by atoms with Crippen LogP contribution in [0.2, 0.25) is 0 Å². The number of pyridine rings is 1. The normalized spacial score (nSPS) is 12.1. The van der Waals surface area contributed by atoms with Gasteiger partial charge in [0.1, 0.15) is 17.3 Å². The van der Waals surface area contributed by atoms with E-state index in [1.165, 1.54) is 6.07 Å². The molecule has 3 heterocycles. The third-order valence-corrected chi connectivity index (χ3v) is 3.93. The molecule has 0 bridgehead atoms. The molecule has 0 spiro atoms. The van der Waals surface area contributed by atoms with Gasteiger partial charge >= 0.3 is 5.97 Å². The number of hydrogen-bond acceptors (Lipinski definition) is 3. The van der Waals surface area contributed by atoms with Crippen LogP contribution in [0.25, 0.3) is 22.9 Å². The SMILES string of the molecule is CCC(=Cc1c(C)nn(C)c1-n1ccc2cc(F)cnc21)C(=O)O. The van der Waals surface area contributed by atoms with Gasteiger partial charge in [-0.3, -0.25) is 9.25 Å². The van der Waals surface area contributed by atoms with Gasteiger partial charge < -0.3 is 5.11 Å². The molecule has 3 rings (SSSR count). The Bertz CT molecular complexity index is 969. The van der Waals surface area contributed by atoms with E-state index in [0.717, 1.165) is 6.20 Å². The van der Waals surface area contributed by atoms with E-state index in [9.17, 15) is 14.3 Å². The molecule has 6 nitrogen and oxygen atoms in total. The van der Waals surface area contributed by atoms with Crippen LogP contribution < -0.4 is 0 Å². The number of fused-ring (bicyclic) bond motifs is 1. The molecule has 0 saturated carbocycles. The van der Waals surface area contributed by atoms with Crippen LogP contribution in [0, 0.1) is 12.7 Å². The van der Waals surface area contributed by atoms with Crippen molar-refractivity contribution in [3.8, 4) is 5.82 Å². The summed E-state index contributed by atoms with van der Waals surface area (Å²) in [7, 11) is 1.78. The second-order valence-corrected chi connectivity index (χ2v) is 5.53. The van der Waals surface area contributed by atoms with Crippen LogP contribution in [-0.4, -0.2) is 30.4 Å². The van der Waals surface area contributed by atoms with Gasteiger partial charge in [-0.15, -0.1) is 0 Å². The number of nitrogens with zero attached hydrogens (tertiary/aromatic N) is 4. The Hall–Kier alpha value is -2.96. The van der Waals surface area contributed by atoms with Gasteiger partial charge in [0.05, 0.1) is 11.9 Å². The number of aromatic nitrogens is 4. The number of carbonyl (C=O) groups is 1. The van der Waals surface area contributed by atoms with Gasteiger partial charge in [-0.1, -0.05) is 6.92 Å². The van der Waals surface area contributed by atoms with Crippen molar-refractivity contribution < 1.29 is 14.3 Å². The zero-order chi connectivity index (χ0) is 17.4. The first kappa shape index (κ1) is 15.9. The minimum absolute atomic E-state index is 0.294. The molecule has 0 aromatic carbocycles. The van der Waals surface area contributed by atoms with E-state index in [4.69, 9.17) is 0 Å². The molecule has 0 saturated heterocycles. The van der Waals surface area contributed by atoms with Crippen molar-refractivity contribution in [2.75, 3.05) is 0 Å². The highest BCUT2D eigenvalue weighted by atomic mass is 19.1. The summed E-state index contributed by atoms with van der Waals surface area (Å²) in [5, 5.41) is 14.4. The summed E-state index contributed by atoms with van der Waals surface area (Å²) in [6.07, 6.45) is 4.97. The maximum atomic E-state index is 13.4. The average molecular weight is 328 g/mol. The Kier molecular flexibility index (Phi) is 3.92. The van der Waals surface area contributed by atoms with Crippen LogP contribution in [0.15, 0.2) is 30.1 Å². The molecule has 3 aromatic heterocycles. The summed E-state index contributed by atoms with van der Waals surface area (Å²) in [6, 6.07) is 3.17. The topological polar surface area (TPSA) is 72.9 Å². The molecule has 24 heavy (non-hydrogen) atoms. The van der Waals surface area contributed by atoms with Crippen LogP contribution in [0.4, 0.5) is 4.39 Å². The summed E-state index contributed by atoms with van der Waals surface area (Å²) in [5.41, 5.74) is 2.30. The number of hydrogen-bond donors (Lipinski definition) is 1. The standard InChI is InChI=1S/C17H17FN4O2/c1-4-11(17(23)24)8-14-10(2)20-21(3)16(14)22-6-5-12-7-13(18)9-19-15(12)22/h5-9H,4H2,1-3H3,(H,23,24). The van der Waals surface area contributed by atoms with E-state index < -0.39 is 11.8 Å². The summed E-state index contributed by atoms with van der Waals surface area (Å²) >= 11 is 0. The summed E-state index contributed by atoms with van der Waals surface area (Å²) < 4.78 is 16.8. The fourth-order valence-electron chi connectivity index (χ4n) is 2.77. The smallest absolute Gasteiger partial charge is 0.331 e. The molecule has 0 aliphatic carbocycles. The molecule has 0 atom stereocenters. The second-order valence-electron chi connectivity index (χ2n) is 5.53. The van der Waals surface area contributed by atoms with Crippen molar-refractivity contribution in [1.29, 1.82) is 0 Å². The van der Waals surface area contributed by atoms with Crippen molar-refractivity contribution in [2.24, 2.45) is 7.05 Å². The first-order valence-corrected chi connectivity index (χ1v) is 7.52. The maximum absolute atomic E-state index is 13.4. The van der Waals surface area contributed by atoms with Gasteiger partial charge in [-0.05, 0) is 31.6 Å². The predicted molar refractivity (Wildman–Crippen MR) is 88.4 cm³/mol. The third-order valence-electron chi connectivity index (χ3n) is 3.93. The fraction of sp³-hybridized carbons (Fsp3) is 0.235. The van der Waals surface area contributed by atoms with Crippen molar-refractivity contribution in [3.05, 3.63) is 47.2 Å². The van der Waals surface area contributed by atoms with Crippen molar-refractivity contribution in [1.82, 2.24) is 19.3 Å². The number of carboxylic acids is 1. The predicted octanol–water partition coefficient (Wildman–Crippen LogP) is 3.08. The second kappa shape index (κ2) is 5.92. The molecule has 0 aliphatic heterocycles. The molecular formula is C17H17FN4O2. The van der Waals surface area contributed by atoms with E-state index >= 15 is 0 Å². The summed E-state index contributed by atoms with van der Waals surface area (Å²) in [6.45, 7) is 3.62. The Morgan fingerprint density at radius 2 is 2.21 bits per heavy atom. The number of aryl methyl sites for hydroxylation is 2. The molecule has 7 heteroatoms. The van der Waals surface area contributed by atoms with Crippen LogP contribution in [0.5, 0.6) is 0 Å². The molecule has 0 unspecified atom stereocenters.